The lowest BCUT2D eigenvalue weighted by Gasteiger charge is -2.21. The quantitative estimate of drug-likeness (QED) is 0.808. The van der Waals surface area contributed by atoms with Gasteiger partial charge in [-0.25, -0.2) is 4.98 Å². The Labute approximate surface area is 136 Å². The Morgan fingerprint density at radius 1 is 1.30 bits per heavy atom. The Balaban J connectivity index is 2.16. The molecular formula is C17H25N4O2+. The number of aryl methyl sites for hydroxylation is 1. The molecule has 0 radical (unpaired) electrons. The van der Waals surface area contributed by atoms with Gasteiger partial charge >= 0.3 is 0 Å². The molecule has 1 atom stereocenters. The molecular weight excluding hydrogens is 292 g/mol. The Morgan fingerprint density at radius 3 is 2.65 bits per heavy atom. The highest BCUT2D eigenvalue weighted by Gasteiger charge is 2.16. The maximum atomic E-state index is 12.3. The predicted octanol–water partition coefficient (Wildman–Crippen LogP) is -0.114. The molecule has 0 saturated heterocycles. The molecule has 0 aliphatic heterocycles. The van der Waals surface area contributed by atoms with Gasteiger partial charge in [0.2, 0.25) is 0 Å². The van der Waals surface area contributed by atoms with Gasteiger partial charge in [0, 0.05) is 24.8 Å². The first-order valence-corrected chi connectivity index (χ1v) is 8.03. The zero-order chi connectivity index (χ0) is 17.0. The average molecular weight is 317 g/mol. The molecule has 2 aromatic rings. The number of hydrogen-bond acceptors (Lipinski definition) is 3. The van der Waals surface area contributed by atoms with Crippen molar-refractivity contribution in [1.29, 1.82) is 0 Å². The van der Waals surface area contributed by atoms with E-state index in [1.54, 1.807) is 10.5 Å². The zero-order valence-corrected chi connectivity index (χ0v) is 14.3. The molecule has 2 rings (SSSR count). The zero-order valence-electron chi connectivity index (χ0n) is 14.3. The van der Waals surface area contributed by atoms with Gasteiger partial charge in [0.05, 0.1) is 7.05 Å². The van der Waals surface area contributed by atoms with E-state index in [0.29, 0.717) is 24.4 Å². The number of quaternary nitrogens is 1. The highest BCUT2D eigenvalue weighted by Crippen LogP contribution is 2.02. The van der Waals surface area contributed by atoms with E-state index in [1.807, 2.05) is 50.9 Å². The van der Waals surface area contributed by atoms with E-state index in [4.69, 9.17) is 0 Å². The van der Waals surface area contributed by atoms with Crippen LogP contribution in [0.2, 0.25) is 0 Å². The number of carbonyl (C=O) groups is 1. The molecule has 1 amide bonds. The van der Waals surface area contributed by atoms with Gasteiger partial charge < -0.3 is 9.80 Å². The number of rotatable bonds is 6. The van der Waals surface area contributed by atoms with Gasteiger partial charge in [0.25, 0.3) is 11.5 Å². The van der Waals surface area contributed by atoms with E-state index in [0.717, 1.165) is 23.7 Å². The maximum Gasteiger partial charge on any atom is 0.277 e. The summed E-state index contributed by atoms with van der Waals surface area (Å²) in [5, 5.41) is 0. The van der Waals surface area contributed by atoms with Crippen LogP contribution in [0.1, 0.15) is 25.2 Å². The largest absolute Gasteiger partial charge is 0.338 e. The van der Waals surface area contributed by atoms with Crippen LogP contribution in [0, 0.1) is 6.92 Å². The van der Waals surface area contributed by atoms with Crippen molar-refractivity contribution in [2.24, 2.45) is 0 Å². The monoisotopic (exact) mass is 317 g/mol. The molecule has 1 unspecified atom stereocenters. The second kappa shape index (κ2) is 7.37. The average Bonchev–Trinajstić information content (AvgIpc) is 2.47. The number of aromatic nitrogens is 2. The molecule has 0 spiro atoms. The highest BCUT2D eigenvalue weighted by molar-refractivity contribution is 5.77. The van der Waals surface area contributed by atoms with Crippen molar-refractivity contribution >= 4 is 11.6 Å². The molecule has 0 aliphatic rings. The Bertz CT molecular complexity index is 750. The number of nitrogens with zero attached hydrogens (tertiary/aromatic N) is 3. The fourth-order valence-corrected chi connectivity index (χ4v) is 2.77. The number of hydrogen-bond donors (Lipinski definition) is 1. The minimum atomic E-state index is -0.0778. The first-order chi connectivity index (χ1) is 11.0. The Hall–Kier alpha value is -2.21. The number of likely N-dealkylation sites (N-methyl/N-ethyl adjacent to an activating group) is 2. The molecule has 0 aromatic carbocycles. The molecule has 0 aliphatic carbocycles. The van der Waals surface area contributed by atoms with Crippen LogP contribution in [0.3, 0.4) is 0 Å². The molecule has 6 nitrogen and oxygen atoms in total. The van der Waals surface area contributed by atoms with Gasteiger partial charge in [-0.1, -0.05) is 6.07 Å². The van der Waals surface area contributed by atoms with Crippen LogP contribution in [0.25, 0.3) is 5.65 Å². The highest BCUT2D eigenvalue weighted by atomic mass is 16.2. The summed E-state index contributed by atoms with van der Waals surface area (Å²) in [6.07, 6.45) is 0. The summed E-state index contributed by atoms with van der Waals surface area (Å²) < 4.78 is 1.60. The molecule has 2 heterocycles. The van der Waals surface area contributed by atoms with Crippen molar-refractivity contribution in [2.45, 2.75) is 27.3 Å². The normalized spacial score (nSPS) is 12.3. The van der Waals surface area contributed by atoms with Crippen LogP contribution < -0.4 is 10.5 Å². The third-order valence-electron chi connectivity index (χ3n) is 3.99. The summed E-state index contributed by atoms with van der Waals surface area (Å²) in [4.78, 5) is 31.8. The Morgan fingerprint density at radius 2 is 2.00 bits per heavy atom. The lowest BCUT2D eigenvalue weighted by atomic mass is 10.3. The summed E-state index contributed by atoms with van der Waals surface area (Å²) in [6.45, 7) is 8.23. The van der Waals surface area contributed by atoms with Crippen molar-refractivity contribution in [2.75, 3.05) is 26.7 Å². The number of amides is 1. The molecule has 124 valence electrons. The summed E-state index contributed by atoms with van der Waals surface area (Å²) in [7, 11) is 1.95. The number of carbonyl (C=O) groups excluding carboxylic acids is 1. The van der Waals surface area contributed by atoms with Crippen LogP contribution in [-0.2, 0) is 11.3 Å². The van der Waals surface area contributed by atoms with E-state index >= 15 is 0 Å². The van der Waals surface area contributed by atoms with Crippen LogP contribution in [0.4, 0.5) is 0 Å². The Kier molecular flexibility index (Phi) is 5.50. The molecule has 6 heteroatoms. The first-order valence-electron chi connectivity index (χ1n) is 8.03. The van der Waals surface area contributed by atoms with Gasteiger partial charge in [0.15, 0.2) is 6.54 Å². The smallest absolute Gasteiger partial charge is 0.277 e. The predicted molar refractivity (Wildman–Crippen MR) is 89.6 cm³/mol. The van der Waals surface area contributed by atoms with Crippen molar-refractivity contribution in [3.05, 3.63) is 46.0 Å². The summed E-state index contributed by atoms with van der Waals surface area (Å²) in [6, 6.07) is 7.16. The minimum absolute atomic E-state index is 0.0778. The lowest BCUT2D eigenvalue weighted by Crippen LogP contribution is -3.09. The first kappa shape index (κ1) is 17.1. The van der Waals surface area contributed by atoms with Crippen LogP contribution in [-0.4, -0.2) is 46.9 Å². The van der Waals surface area contributed by atoms with Gasteiger partial charge in [-0.05, 0) is 32.9 Å². The summed E-state index contributed by atoms with van der Waals surface area (Å²) in [5.41, 5.74) is 2.15. The van der Waals surface area contributed by atoms with E-state index < -0.39 is 0 Å². The van der Waals surface area contributed by atoms with Crippen molar-refractivity contribution in [3.63, 3.8) is 0 Å². The molecule has 1 N–H and O–H groups in total. The molecule has 0 fully saturated rings. The number of fused-ring (bicyclic) bond motifs is 1. The molecule has 2 aromatic heterocycles. The lowest BCUT2D eigenvalue weighted by molar-refractivity contribution is -0.886. The van der Waals surface area contributed by atoms with E-state index in [2.05, 4.69) is 4.98 Å². The van der Waals surface area contributed by atoms with E-state index in [-0.39, 0.29) is 11.5 Å². The van der Waals surface area contributed by atoms with E-state index in [1.165, 1.54) is 0 Å². The second-order valence-electron chi connectivity index (χ2n) is 5.82. The second-order valence-corrected chi connectivity index (χ2v) is 5.82. The van der Waals surface area contributed by atoms with Crippen LogP contribution in [0.5, 0.6) is 0 Å². The van der Waals surface area contributed by atoms with Gasteiger partial charge in [-0.2, -0.15) is 0 Å². The summed E-state index contributed by atoms with van der Waals surface area (Å²) in [5.74, 6) is 0.126. The van der Waals surface area contributed by atoms with Crippen molar-refractivity contribution < 1.29 is 9.69 Å². The van der Waals surface area contributed by atoms with Crippen LogP contribution in [0.15, 0.2) is 29.1 Å². The van der Waals surface area contributed by atoms with Crippen LogP contribution >= 0.6 is 0 Å². The number of pyridine rings is 1. The fourth-order valence-electron chi connectivity index (χ4n) is 2.77. The molecule has 23 heavy (non-hydrogen) atoms. The van der Waals surface area contributed by atoms with Gasteiger partial charge in [-0.3, -0.25) is 14.0 Å². The topological polar surface area (TPSA) is 59.1 Å². The van der Waals surface area contributed by atoms with Gasteiger partial charge in [-0.15, -0.1) is 0 Å². The molecule has 0 bridgehead atoms. The SMILES string of the molecule is CCN(CC)C(=O)C[NH+](C)Cc1cc(=O)n2c(C)cccc2n1. The standard InChI is InChI=1S/C17H24N4O2/c1-5-20(6-2)17(23)12-19(4)11-14-10-16(22)21-13(3)8-7-9-15(21)18-14/h7-10H,5-6,11-12H2,1-4H3/p+1. The van der Waals surface area contributed by atoms with Crippen molar-refractivity contribution in [3.8, 4) is 0 Å². The molecule has 0 saturated carbocycles. The number of nitrogens with one attached hydrogen (secondary N) is 1. The minimum Gasteiger partial charge on any atom is -0.338 e. The maximum absolute atomic E-state index is 12.3. The van der Waals surface area contributed by atoms with Gasteiger partial charge in [0.1, 0.15) is 17.9 Å². The third-order valence-corrected chi connectivity index (χ3v) is 3.99. The third kappa shape index (κ3) is 3.96. The fraction of sp³-hybridized carbons (Fsp3) is 0.471. The van der Waals surface area contributed by atoms with E-state index in [9.17, 15) is 9.59 Å². The van der Waals surface area contributed by atoms with Crippen molar-refractivity contribution in [1.82, 2.24) is 14.3 Å². The summed E-state index contributed by atoms with van der Waals surface area (Å²) >= 11 is 0.